The molecule has 110 valence electrons. The molecule has 1 aliphatic carbocycles. The number of methoxy groups -OCH3 is 1. The van der Waals surface area contributed by atoms with Crippen molar-refractivity contribution in [2.45, 2.75) is 31.8 Å². The summed E-state index contributed by atoms with van der Waals surface area (Å²) in [4.78, 5) is 2.36. The van der Waals surface area contributed by atoms with Crippen molar-refractivity contribution in [3.05, 3.63) is 29.3 Å². The largest absolute Gasteiger partial charge is 0.495 e. The van der Waals surface area contributed by atoms with Gasteiger partial charge < -0.3 is 9.84 Å². The van der Waals surface area contributed by atoms with Crippen molar-refractivity contribution in [1.82, 2.24) is 4.90 Å². The van der Waals surface area contributed by atoms with E-state index in [1.165, 1.54) is 12.8 Å². The fourth-order valence-electron chi connectivity index (χ4n) is 2.34. The molecule has 21 heavy (non-hydrogen) atoms. The Labute approximate surface area is 125 Å². The maximum Gasteiger partial charge on any atom is 0.134 e. The van der Waals surface area contributed by atoms with Crippen molar-refractivity contribution in [1.29, 1.82) is 5.26 Å². The van der Waals surface area contributed by atoms with Gasteiger partial charge in [0.15, 0.2) is 0 Å². The zero-order valence-corrected chi connectivity index (χ0v) is 12.3. The van der Waals surface area contributed by atoms with Crippen LogP contribution in [-0.4, -0.2) is 36.3 Å². The minimum Gasteiger partial charge on any atom is -0.495 e. The van der Waals surface area contributed by atoms with Crippen LogP contribution in [-0.2, 0) is 6.54 Å². The molecule has 0 radical (unpaired) electrons. The second kappa shape index (κ2) is 7.69. The van der Waals surface area contributed by atoms with Crippen molar-refractivity contribution in [3.8, 4) is 23.7 Å². The number of ether oxygens (including phenoxy) is 1. The maximum absolute atomic E-state index is 8.83. The van der Waals surface area contributed by atoms with Crippen LogP contribution in [0.25, 0.3) is 0 Å². The number of hydrogen-bond donors (Lipinski definition) is 1. The molecule has 2 rings (SSSR count). The SMILES string of the molecule is COc1ccc(CN(CCC#N)C2CC2)cc1C#CCO. The Morgan fingerprint density at radius 2 is 2.24 bits per heavy atom. The van der Waals surface area contributed by atoms with Gasteiger partial charge in [-0.05, 0) is 30.5 Å². The van der Waals surface area contributed by atoms with E-state index in [0.717, 1.165) is 30.0 Å². The Balaban J connectivity index is 2.13. The number of aliphatic hydroxyl groups is 1. The number of hydrogen-bond acceptors (Lipinski definition) is 4. The summed E-state index contributed by atoms with van der Waals surface area (Å²) in [6, 6.07) is 8.77. The van der Waals surface area contributed by atoms with Gasteiger partial charge in [-0.1, -0.05) is 17.9 Å². The molecule has 0 amide bonds. The zero-order chi connectivity index (χ0) is 15.1. The molecule has 0 aromatic heterocycles. The summed E-state index contributed by atoms with van der Waals surface area (Å²) in [5, 5.41) is 17.6. The molecule has 0 saturated heterocycles. The summed E-state index contributed by atoms with van der Waals surface area (Å²) in [5.74, 6) is 6.30. The van der Waals surface area contributed by atoms with Crippen molar-refractivity contribution >= 4 is 0 Å². The normalized spacial score (nSPS) is 13.4. The highest BCUT2D eigenvalue weighted by Gasteiger charge is 2.28. The van der Waals surface area contributed by atoms with E-state index in [0.29, 0.717) is 12.5 Å². The first-order chi connectivity index (χ1) is 10.3. The van der Waals surface area contributed by atoms with Crippen LogP contribution in [0.4, 0.5) is 0 Å². The molecular formula is C17H20N2O2. The van der Waals surface area contributed by atoms with Gasteiger partial charge in [0.2, 0.25) is 0 Å². The fraction of sp³-hybridized carbons (Fsp3) is 0.471. The predicted octanol–water partition coefficient (Wildman–Crippen LogP) is 1.92. The smallest absolute Gasteiger partial charge is 0.134 e. The van der Waals surface area contributed by atoms with Crippen molar-refractivity contribution in [2.24, 2.45) is 0 Å². The average Bonchev–Trinajstić information content (AvgIpc) is 3.34. The molecule has 4 nitrogen and oxygen atoms in total. The number of nitriles is 1. The first-order valence-corrected chi connectivity index (χ1v) is 7.16. The Morgan fingerprint density at radius 1 is 1.43 bits per heavy atom. The van der Waals surface area contributed by atoms with Crippen molar-refractivity contribution in [2.75, 3.05) is 20.3 Å². The number of rotatable bonds is 6. The molecule has 1 aliphatic rings. The van der Waals surface area contributed by atoms with Crippen LogP contribution < -0.4 is 4.74 Å². The molecule has 0 bridgehead atoms. The van der Waals surface area contributed by atoms with E-state index in [1.807, 2.05) is 18.2 Å². The fourth-order valence-corrected chi connectivity index (χ4v) is 2.34. The second-order valence-corrected chi connectivity index (χ2v) is 5.10. The van der Waals surface area contributed by atoms with E-state index in [9.17, 15) is 0 Å². The summed E-state index contributed by atoms with van der Waals surface area (Å²) in [5.41, 5.74) is 1.95. The summed E-state index contributed by atoms with van der Waals surface area (Å²) in [6.07, 6.45) is 3.00. The Bertz CT molecular complexity index is 577. The molecule has 0 aliphatic heterocycles. The van der Waals surface area contributed by atoms with Crippen LogP contribution in [0.2, 0.25) is 0 Å². The van der Waals surface area contributed by atoms with E-state index >= 15 is 0 Å². The lowest BCUT2D eigenvalue weighted by Gasteiger charge is -2.21. The zero-order valence-electron chi connectivity index (χ0n) is 12.3. The van der Waals surface area contributed by atoms with Gasteiger partial charge in [0.05, 0.1) is 18.7 Å². The summed E-state index contributed by atoms with van der Waals surface area (Å²) >= 11 is 0. The standard InChI is InChI=1S/C17H20N2O2/c1-21-17-8-5-14(12-15(17)4-2-11-20)13-19(10-3-9-18)16-6-7-16/h5,8,12,16,20H,3,6-7,10-11,13H2,1H3. The van der Waals surface area contributed by atoms with Gasteiger partial charge in [0, 0.05) is 25.6 Å². The molecule has 0 atom stereocenters. The van der Waals surface area contributed by atoms with Crippen LogP contribution in [0.3, 0.4) is 0 Å². The molecule has 0 heterocycles. The highest BCUT2D eigenvalue weighted by atomic mass is 16.5. The highest BCUT2D eigenvalue weighted by Crippen LogP contribution is 2.29. The first-order valence-electron chi connectivity index (χ1n) is 7.16. The van der Waals surface area contributed by atoms with E-state index in [4.69, 9.17) is 15.1 Å². The quantitative estimate of drug-likeness (QED) is 0.811. The van der Waals surface area contributed by atoms with Gasteiger partial charge in [0.25, 0.3) is 0 Å². The molecule has 0 spiro atoms. The van der Waals surface area contributed by atoms with E-state index < -0.39 is 0 Å². The number of benzene rings is 1. The lowest BCUT2D eigenvalue weighted by atomic mass is 10.1. The van der Waals surface area contributed by atoms with Gasteiger partial charge in [-0.25, -0.2) is 0 Å². The van der Waals surface area contributed by atoms with Crippen LogP contribution in [0.1, 0.15) is 30.4 Å². The number of aliphatic hydroxyl groups excluding tert-OH is 1. The van der Waals surface area contributed by atoms with Crippen LogP contribution in [0, 0.1) is 23.2 Å². The van der Waals surface area contributed by atoms with E-state index in [-0.39, 0.29) is 6.61 Å². The minimum atomic E-state index is -0.163. The molecule has 1 saturated carbocycles. The van der Waals surface area contributed by atoms with Crippen molar-refractivity contribution in [3.63, 3.8) is 0 Å². The maximum atomic E-state index is 8.83. The third-order valence-electron chi connectivity index (χ3n) is 3.53. The summed E-state index contributed by atoms with van der Waals surface area (Å²) in [7, 11) is 1.61. The molecule has 4 heteroatoms. The van der Waals surface area contributed by atoms with Gasteiger partial charge in [-0.15, -0.1) is 0 Å². The molecule has 1 aromatic carbocycles. The lowest BCUT2D eigenvalue weighted by molar-refractivity contribution is 0.261. The third kappa shape index (κ3) is 4.49. The Morgan fingerprint density at radius 3 is 2.86 bits per heavy atom. The molecular weight excluding hydrogens is 264 g/mol. The summed E-state index contributed by atoms with van der Waals surface area (Å²) < 4.78 is 5.29. The monoisotopic (exact) mass is 284 g/mol. The number of nitrogens with zero attached hydrogens (tertiary/aromatic N) is 2. The second-order valence-electron chi connectivity index (χ2n) is 5.10. The topological polar surface area (TPSA) is 56.5 Å². The predicted molar refractivity (Wildman–Crippen MR) is 80.6 cm³/mol. The van der Waals surface area contributed by atoms with E-state index in [1.54, 1.807) is 7.11 Å². The van der Waals surface area contributed by atoms with Crippen LogP contribution in [0.15, 0.2) is 18.2 Å². The molecule has 1 aromatic rings. The molecule has 0 unspecified atom stereocenters. The third-order valence-corrected chi connectivity index (χ3v) is 3.53. The summed E-state index contributed by atoms with van der Waals surface area (Å²) in [6.45, 7) is 1.47. The molecule has 1 N–H and O–H groups in total. The van der Waals surface area contributed by atoms with Gasteiger partial charge in [-0.3, -0.25) is 4.90 Å². The van der Waals surface area contributed by atoms with E-state index in [2.05, 4.69) is 22.8 Å². The van der Waals surface area contributed by atoms with Gasteiger partial charge in [-0.2, -0.15) is 5.26 Å². The van der Waals surface area contributed by atoms with Crippen molar-refractivity contribution < 1.29 is 9.84 Å². The first kappa shape index (κ1) is 15.4. The average molecular weight is 284 g/mol. The van der Waals surface area contributed by atoms with Gasteiger partial charge >= 0.3 is 0 Å². The van der Waals surface area contributed by atoms with Crippen LogP contribution in [0.5, 0.6) is 5.75 Å². The Hall–Kier alpha value is -2.01. The Kier molecular flexibility index (Phi) is 5.63. The van der Waals surface area contributed by atoms with Gasteiger partial charge in [0.1, 0.15) is 12.4 Å². The van der Waals surface area contributed by atoms with Crippen LogP contribution >= 0.6 is 0 Å². The lowest BCUT2D eigenvalue weighted by Crippen LogP contribution is -2.26. The molecule has 1 fully saturated rings. The minimum absolute atomic E-state index is 0.163. The highest BCUT2D eigenvalue weighted by molar-refractivity contribution is 5.48.